The van der Waals surface area contributed by atoms with E-state index in [0.29, 0.717) is 30.6 Å². The number of anilines is 1. The van der Waals surface area contributed by atoms with Crippen LogP contribution in [-0.4, -0.2) is 33.3 Å². The van der Waals surface area contributed by atoms with Crippen LogP contribution in [0.5, 0.6) is 5.75 Å². The molecule has 3 aromatic rings. The Morgan fingerprint density at radius 1 is 1.04 bits per heavy atom. The van der Waals surface area contributed by atoms with Gasteiger partial charge in [-0.2, -0.15) is 0 Å². The van der Waals surface area contributed by atoms with Gasteiger partial charge in [-0.1, -0.05) is 13.8 Å². The van der Waals surface area contributed by atoms with Crippen LogP contribution in [0, 0.1) is 5.92 Å². The molecule has 6 nitrogen and oxygen atoms in total. The van der Waals surface area contributed by atoms with Crippen molar-refractivity contribution in [3.05, 3.63) is 54.7 Å². The number of hydrogen-bond donors (Lipinski definition) is 1. The molecule has 2 aromatic carbocycles. The Kier molecular flexibility index (Phi) is 6.26. The van der Waals surface area contributed by atoms with Crippen LogP contribution in [0.1, 0.15) is 13.8 Å². The Hall–Kier alpha value is -2.51. The lowest BCUT2D eigenvalue weighted by molar-refractivity contribution is 0.146. The second-order valence-corrected chi connectivity index (χ2v) is 8.74. The minimum absolute atomic E-state index is 0.184. The lowest BCUT2D eigenvalue weighted by Crippen LogP contribution is -2.13. The smallest absolute Gasteiger partial charge is 0.261 e. The standard InChI is InChI=1S/C21H26N2O4S/c1-16(2)15-23-11-10-17-14-18(4-9-21(17)23)22-28(24,25)20-7-5-19(6-8-20)27-13-12-26-3/h4-11,14,16,22H,12-13,15H2,1-3H3. The van der Waals surface area contributed by atoms with Crippen molar-refractivity contribution in [3.63, 3.8) is 0 Å². The molecule has 1 heterocycles. The molecule has 150 valence electrons. The first kappa shape index (κ1) is 20.2. The summed E-state index contributed by atoms with van der Waals surface area (Å²) < 4.78 is 40.6. The van der Waals surface area contributed by atoms with Gasteiger partial charge in [-0.3, -0.25) is 4.72 Å². The molecule has 0 radical (unpaired) electrons. The van der Waals surface area contributed by atoms with Gasteiger partial charge >= 0.3 is 0 Å². The zero-order chi connectivity index (χ0) is 20.1. The summed E-state index contributed by atoms with van der Waals surface area (Å²) in [5.41, 5.74) is 1.63. The van der Waals surface area contributed by atoms with E-state index in [2.05, 4.69) is 23.1 Å². The van der Waals surface area contributed by atoms with Crippen molar-refractivity contribution in [2.75, 3.05) is 25.0 Å². The molecule has 0 aliphatic carbocycles. The Labute approximate surface area is 166 Å². The van der Waals surface area contributed by atoms with Gasteiger partial charge in [-0.05, 0) is 54.4 Å². The summed E-state index contributed by atoms with van der Waals surface area (Å²) in [6.07, 6.45) is 2.03. The second-order valence-electron chi connectivity index (χ2n) is 7.05. The average Bonchev–Trinajstić information content (AvgIpc) is 3.03. The van der Waals surface area contributed by atoms with Gasteiger partial charge in [-0.15, -0.1) is 0 Å². The average molecular weight is 403 g/mol. The van der Waals surface area contributed by atoms with Gasteiger partial charge in [-0.25, -0.2) is 8.42 Å². The zero-order valence-electron chi connectivity index (χ0n) is 16.4. The number of nitrogens with one attached hydrogen (secondary N) is 1. The molecule has 0 bridgehead atoms. The van der Waals surface area contributed by atoms with E-state index in [-0.39, 0.29) is 4.90 Å². The highest BCUT2D eigenvalue weighted by Crippen LogP contribution is 2.24. The number of nitrogens with zero attached hydrogens (tertiary/aromatic N) is 1. The van der Waals surface area contributed by atoms with E-state index < -0.39 is 10.0 Å². The van der Waals surface area contributed by atoms with Crippen LogP contribution < -0.4 is 9.46 Å². The van der Waals surface area contributed by atoms with Crippen LogP contribution in [0.4, 0.5) is 5.69 Å². The highest BCUT2D eigenvalue weighted by atomic mass is 32.2. The van der Waals surface area contributed by atoms with Crippen LogP contribution in [0.25, 0.3) is 10.9 Å². The third-order valence-corrected chi connectivity index (χ3v) is 5.67. The highest BCUT2D eigenvalue weighted by Gasteiger charge is 2.15. The summed E-state index contributed by atoms with van der Waals surface area (Å²) in [5.74, 6) is 1.14. The molecular formula is C21H26N2O4S. The first-order chi connectivity index (χ1) is 13.4. The molecule has 0 saturated heterocycles. The monoisotopic (exact) mass is 402 g/mol. The Morgan fingerprint density at radius 3 is 2.46 bits per heavy atom. The van der Waals surface area contributed by atoms with Gasteiger partial charge in [0.25, 0.3) is 10.0 Å². The molecule has 0 fully saturated rings. The summed E-state index contributed by atoms with van der Waals surface area (Å²) in [5, 5.41) is 1.00. The van der Waals surface area contributed by atoms with E-state index in [9.17, 15) is 8.42 Å². The normalized spacial score (nSPS) is 11.9. The maximum Gasteiger partial charge on any atom is 0.261 e. The van der Waals surface area contributed by atoms with Crippen LogP contribution >= 0.6 is 0 Å². The molecule has 0 saturated carbocycles. The minimum Gasteiger partial charge on any atom is -0.491 e. The van der Waals surface area contributed by atoms with E-state index in [1.807, 2.05) is 24.4 Å². The predicted octanol–water partition coefficient (Wildman–Crippen LogP) is 4.12. The number of aromatic nitrogens is 1. The van der Waals surface area contributed by atoms with Crippen LogP contribution in [-0.2, 0) is 21.3 Å². The van der Waals surface area contributed by atoms with Crippen molar-refractivity contribution in [1.29, 1.82) is 0 Å². The van der Waals surface area contributed by atoms with Gasteiger partial charge < -0.3 is 14.0 Å². The molecule has 0 aliphatic rings. The fourth-order valence-electron chi connectivity index (χ4n) is 2.99. The lowest BCUT2D eigenvalue weighted by atomic mass is 10.2. The fourth-order valence-corrected chi connectivity index (χ4v) is 4.04. The lowest BCUT2D eigenvalue weighted by Gasteiger charge is -2.11. The van der Waals surface area contributed by atoms with E-state index in [1.54, 1.807) is 25.3 Å². The third-order valence-electron chi connectivity index (χ3n) is 4.28. The van der Waals surface area contributed by atoms with Crippen LogP contribution in [0.15, 0.2) is 59.6 Å². The fraction of sp³-hybridized carbons (Fsp3) is 0.333. The molecule has 28 heavy (non-hydrogen) atoms. The quantitative estimate of drug-likeness (QED) is 0.547. The molecule has 0 amide bonds. The second kappa shape index (κ2) is 8.67. The topological polar surface area (TPSA) is 69.6 Å². The summed E-state index contributed by atoms with van der Waals surface area (Å²) in [6.45, 7) is 6.15. The molecule has 1 aromatic heterocycles. The van der Waals surface area contributed by atoms with Crippen molar-refractivity contribution < 1.29 is 17.9 Å². The Balaban J connectivity index is 1.74. The van der Waals surface area contributed by atoms with Crippen LogP contribution in [0.2, 0.25) is 0 Å². The number of methoxy groups -OCH3 is 1. The van der Waals surface area contributed by atoms with Crippen molar-refractivity contribution in [3.8, 4) is 5.75 Å². The molecule has 0 atom stereocenters. The molecule has 0 spiro atoms. The largest absolute Gasteiger partial charge is 0.491 e. The van der Waals surface area contributed by atoms with Crippen molar-refractivity contribution in [1.82, 2.24) is 4.57 Å². The number of ether oxygens (including phenoxy) is 2. The van der Waals surface area contributed by atoms with Gasteiger partial charge in [0, 0.05) is 36.4 Å². The predicted molar refractivity (Wildman–Crippen MR) is 111 cm³/mol. The van der Waals surface area contributed by atoms with E-state index in [1.165, 1.54) is 12.1 Å². The number of rotatable bonds is 9. The summed E-state index contributed by atoms with van der Waals surface area (Å²) in [7, 11) is -2.07. The highest BCUT2D eigenvalue weighted by molar-refractivity contribution is 7.92. The maximum absolute atomic E-state index is 12.7. The SMILES string of the molecule is COCCOc1ccc(S(=O)(=O)Nc2ccc3c(ccn3CC(C)C)c2)cc1. The molecule has 7 heteroatoms. The molecule has 0 aliphatic heterocycles. The van der Waals surface area contributed by atoms with Crippen molar-refractivity contribution in [2.24, 2.45) is 5.92 Å². The van der Waals surface area contributed by atoms with E-state index in [0.717, 1.165) is 17.4 Å². The summed E-state index contributed by atoms with van der Waals surface area (Å²) in [4.78, 5) is 0.184. The van der Waals surface area contributed by atoms with E-state index in [4.69, 9.17) is 9.47 Å². The first-order valence-electron chi connectivity index (χ1n) is 9.22. The van der Waals surface area contributed by atoms with Gasteiger partial charge in [0.1, 0.15) is 12.4 Å². The first-order valence-corrected chi connectivity index (χ1v) is 10.7. The summed E-state index contributed by atoms with van der Waals surface area (Å²) >= 11 is 0. The van der Waals surface area contributed by atoms with Gasteiger partial charge in [0.2, 0.25) is 0 Å². The molecular weight excluding hydrogens is 376 g/mol. The third kappa shape index (κ3) is 4.85. The summed E-state index contributed by atoms with van der Waals surface area (Å²) in [6, 6.07) is 13.9. The molecule has 0 unspecified atom stereocenters. The van der Waals surface area contributed by atoms with Crippen LogP contribution in [0.3, 0.4) is 0 Å². The number of benzene rings is 2. The zero-order valence-corrected chi connectivity index (χ0v) is 17.2. The maximum atomic E-state index is 12.7. The Bertz CT molecular complexity index is 1020. The molecule has 1 N–H and O–H groups in total. The van der Waals surface area contributed by atoms with E-state index >= 15 is 0 Å². The van der Waals surface area contributed by atoms with Crippen molar-refractivity contribution >= 4 is 26.6 Å². The number of sulfonamides is 1. The Morgan fingerprint density at radius 2 is 1.79 bits per heavy atom. The number of fused-ring (bicyclic) bond motifs is 1. The van der Waals surface area contributed by atoms with Crippen molar-refractivity contribution in [2.45, 2.75) is 25.3 Å². The van der Waals surface area contributed by atoms with Gasteiger partial charge in [0.15, 0.2) is 0 Å². The van der Waals surface area contributed by atoms with Gasteiger partial charge in [0.05, 0.1) is 11.5 Å². The number of hydrogen-bond acceptors (Lipinski definition) is 4. The molecule has 3 rings (SSSR count). The minimum atomic E-state index is -3.67.